The number of fused-ring (bicyclic) bond motifs is 1. The molecular formula is C16H14ClN3. The van der Waals surface area contributed by atoms with E-state index in [4.69, 9.17) is 11.6 Å². The molecule has 20 heavy (non-hydrogen) atoms. The zero-order chi connectivity index (χ0) is 13.9. The van der Waals surface area contributed by atoms with E-state index in [0.717, 1.165) is 34.4 Å². The fourth-order valence-electron chi connectivity index (χ4n) is 2.09. The molecule has 1 aromatic carbocycles. The third-order valence-electron chi connectivity index (χ3n) is 3.18. The van der Waals surface area contributed by atoms with Crippen molar-refractivity contribution in [2.24, 2.45) is 0 Å². The highest BCUT2D eigenvalue weighted by atomic mass is 35.5. The molecule has 2 heterocycles. The van der Waals surface area contributed by atoms with Crippen molar-refractivity contribution in [3.63, 3.8) is 0 Å². The molecule has 0 atom stereocenters. The smallest absolute Gasteiger partial charge is 0.0908 e. The zero-order valence-corrected chi connectivity index (χ0v) is 11.9. The van der Waals surface area contributed by atoms with Crippen molar-refractivity contribution in [1.82, 2.24) is 9.97 Å². The number of nitrogens with zero attached hydrogens (tertiary/aromatic N) is 2. The van der Waals surface area contributed by atoms with E-state index in [-0.39, 0.29) is 0 Å². The molecule has 0 aliphatic heterocycles. The number of hydrogen-bond acceptors (Lipinski definition) is 3. The highest BCUT2D eigenvalue weighted by Gasteiger charge is 2.05. The van der Waals surface area contributed by atoms with Gasteiger partial charge in [-0.15, -0.1) is 0 Å². The van der Waals surface area contributed by atoms with Crippen LogP contribution in [0.4, 0.5) is 5.69 Å². The maximum absolute atomic E-state index is 6.16. The lowest BCUT2D eigenvalue weighted by atomic mass is 10.1. The molecule has 1 N–H and O–H groups in total. The number of nitrogens with one attached hydrogen (secondary N) is 1. The fraction of sp³-hybridized carbons (Fsp3) is 0.125. The van der Waals surface area contributed by atoms with Gasteiger partial charge in [0.05, 0.1) is 10.5 Å². The molecule has 3 rings (SSSR count). The monoisotopic (exact) mass is 283 g/mol. The van der Waals surface area contributed by atoms with Gasteiger partial charge in [0.15, 0.2) is 0 Å². The standard InChI is InChI=1S/C16H14ClN3/c1-11-4-5-12(9-19-11)10-20-15-7-6-14(17)16-13(15)3-2-8-18-16/h2-9,20H,10H2,1H3. The lowest BCUT2D eigenvalue weighted by Crippen LogP contribution is -2.01. The van der Waals surface area contributed by atoms with Crippen LogP contribution in [0, 0.1) is 6.92 Å². The topological polar surface area (TPSA) is 37.8 Å². The maximum atomic E-state index is 6.16. The van der Waals surface area contributed by atoms with Gasteiger partial charge in [-0.25, -0.2) is 0 Å². The second-order valence-electron chi connectivity index (χ2n) is 4.66. The third-order valence-corrected chi connectivity index (χ3v) is 3.48. The SMILES string of the molecule is Cc1ccc(CNc2ccc(Cl)c3ncccc23)cn1. The minimum Gasteiger partial charge on any atom is -0.380 e. The molecule has 0 saturated carbocycles. The average Bonchev–Trinajstić information content (AvgIpc) is 2.49. The first kappa shape index (κ1) is 12.9. The molecule has 4 heteroatoms. The van der Waals surface area contributed by atoms with Gasteiger partial charge in [-0.05, 0) is 42.8 Å². The van der Waals surface area contributed by atoms with Crippen molar-refractivity contribution in [3.8, 4) is 0 Å². The number of rotatable bonds is 3. The van der Waals surface area contributed by atoms with Crippen molar-refractivity contribution >= 4 is 28.2 Å². The molecule has 0 saturated heterocycles. The van der Waals surface area contributed by atoms with E-state index in [1.54, 1.807) is 6.20 Å². The number of benzene rings is 1. The number of halogens is 1. The van der Waals surface area contributed by atoms with Crippen LogP contribution in [0.1, 0.15) is 11.3 Å². The predicted octanol–water partition coefficient (Wildman–Crippen LogP) is 4.20. The number of hydrogen-bond donors (Lipinski definition) is 1. The molecule has 3 aromatic rings. The highest BCUT2D eigenvalue weighted by molar-refractivity contribution is 6.35. The Hall–Kier alpha value is -2.13. The number of aryl methyl sites for hydroxylation is 1. The van der Waals surface area contributed by atoms with Gasteiger partial charge in [0, 0.05) is 35.7 Å². The molecule has 0 aliphatic rings. The van der Waals surface area contributed by atoms with Crippen molar-refractivity contribution in [3.05, 3.63) is 65.1 Å². The van der Waals surface area contributed by atoms with Crippen molar-refractivity contribution < 1.29 is 0 Å². The molecule has 0 fully saturated rings. The van der Waals surface area contributed by atoms with E-state index in [1.165, 1.54) is 0 Å². The van der Waals surface area contributed by atoms with Gasteiger partial charge >= 0.3 is 0 Å². The molecule has 0 aliphatic carbocycles. The highest BCUT2D eigenvalue weighted by Crippen LogP contribution is 2.28. The number of aromatic nitrogens is 2. The molecule has 100 valence electrons. The van der Waals surface area contributed by atoms with Crippen LogP contribution >= 0.6 is 11.6 Å². The summed E-state index contributed by atoms with van der Waals surface area (Å²) in [6.45, 7) is 2.70. The minimum absolute atomic E-state index is 0.670. The van der Waals surface area contributed by atoms with Crippen molar-refractivity contribution in [1.29, 1.82) is 0 Å². The summed E-state index contributed by atoms with van der Waals surface area (Å²) in [5.74, 6) is 0. The van der Waals surface area contributed by atoms with Crippen molar-refractivity contribution in [2.45, 2.75) is 13.5 Å². The largest absolute Gasteiger partial charge is 0.380 e. The molecule has 0 unspecified atom stereocenters. The van der Waals surface area contributed by atoms with E-state index in [1.807, 2.05) is 43.5 Å². The summed E-state index contributed by atoms with van der Waals surface area (Å²) in [6.07, 6.45) is 3.64. The Morgan fingerprint density at radius 2 is 2.00 bits per heavy atom. The third kappa shape index (κ3) is 2.58. The Balaban J connectivity index is 1.88. The Kier molecular flexibility index (Phi) is 3.52. The van der Waals surface area contributed by atoms with Gasteiger partial charge < -0.3 is 5.32 Å². The Labute approximate surface area is 122 Å². The summed E-state index contributed by atoms with van der Waals surface area (Å²) in [6, 6.07) is 11.9. The van der Waals surface area contributed by atoms with Crippen LogP contribution in [0.25, 0.3) is 10.9 Å². The van der Waals surface area contributed by atoms with Crippen LogP contribution in [-0.2, 0) is 6.54 Å². The van der Waals surface area contributed by atoms with Crippen LogP contribution in [-0.4, -0.2) is 9.97 Å². The molecule has 0 bridgehead atoms. The van der Waals surface area contributed by atoms with Crippen LogP contribution in [0.2, 0.25) is 5.02 Å². The molecule has 3 nitrogen and oxygen atoms in total. The normalized spacial score (nSPS) is 10.7. The van der Waals surface area contributed by atoms with E-state index in [2.05, 4.69) is 21.4 Å². The van der Waals surface area contributed by atoms with Gasteiger partial charge in [0.2, 0.25) is 0 Å². The Bertz CT molecular complexity index is 738. The quantitative estimate of drug-likeness (QED) is 0.783. The summed E-state index contributed by atoms with van der Waals surface area (Å²) in [5.41, 5.74) is 4.01. The van der Waals surface area contributed by atoms with E-state index in [0.29, 0.717) is 5.02 Å². The summed E-state index contributed by atoms with van der Waals surface area (Å²) < 4.78 is 0. The van der Waals surface area contributed by atoms with Crippen molar-refractivity contribution in [2.75, 3.05) is 5.32 Å². The molecule has 0 amide bonds. The maximum Gasteiger partial charge on any atom is 0.0908 e. The Morgan fingerprint density at radius 1 is 1.10 bits per heavy atom. The van der Waals surface area contributed by atoms with E-state index in [9.17, 15) is 0 Å². The van der Waals surface area contributed by atoms with E-state index >= 15 is 0 Å². The first-order valence-corrected chi connectivity index (χ1v) is 6.80. The molecule has 0 spiro atoms. The first-order chi connectivity index (χ1) is 9.74. The second-order valence-corrected chi connectivity index (χ2v) is 5.06. The second kappa shape index (κ2) is 5.47. The van der Waals surface area contributed by atoms with Crippen LogP contribution in [0.5, 0.6) is 0 Å². The van der Waals surface area contributed by atoms with Gasteiger partial charge in [-0.1, -0.05) is 17.7 Å². The lowest BCUT2D eigenvalue weighted by molar-refractivity contribution is 1.09. The minimum atomic E-state index is 0.670. The average molecular weight is 284 g/mol. The summed E-state index contributed by atoms with van der Waals surface area (Å²) in [4.78, 5) is 8.62. The summed E-state index contributed by atoms with van der Waals surface area (Å²) in [7, 11) is 0. The van der Waals surface area contributed by atoms with E-state index < -0.39 is 0 Å². The molecule has 2 aromatic heterocycles. The summed E-state index contributed by atoms with van der Waals surface area (Å²) >= 11 is 6.16. The number of anilines is 1. The number of pyridine rings is 2. The summed E-state index contributed by atoms with van der Waals surface area (Å²) in [5, 5.41) is 5.11. The fourth-order valence-corrected chi connectivity index (χ4v) is 2.31. The van der Waals surface area contributed by atoms with Crippen LogP contribution < -0.4 is 5.32 Å². The van der Waals surface area contributed by atoms with Gasteiger partial charge in [-0.3, -0.25) is 9.97 Å². The van der Waals surface area contributed by atoms with Gasteiger partial charge in [-0.2, -0.15) is 0 Å². The van der Waals surface area contributed by atoms with Gasteiger partial charge in [0.1, 0.15) is 0 Å². The zero-order valence-electron chi connectivity index (χ0n) is 11.1. The van der Waals surface area contributed by atoms with Crippen LogP contribution in [0.15, 0.2) is 48.8 Å². The lowest BCUT2D eigenvalue weighted by Gasteiger charge is -2.10. The van der Waals surface area contributed by atoms with Gasteiger partial charge in [0.25, 0.3) is 0 Å². The van der Waals surface area contributed by atoms with Crippen LogP contribution in [0.3, 0.4) is 0 Å². The molecular weight excluding hydrogens is 270 g/mol. The predicted molar refractivity (Wildman–Crippen MR) is 83.1 cm³/mol. The Morgan fingerprint density at radius 3 is 2.80 bits per heavy atom. The first-order valence-electron chi connectivity index (χ1n) is 6.43. The molecule has 0 radical (unpaired) electrons.